The number of non-ortho nitro benzene ring substituents is 1. The van der Waals surface area contributed by atoms with Crippen molar-refractivity contribution in [2.45, 2.75) is 0 Å². The van der Waals surface area contributed by atoms with Gasteiger partial charge in [0.1, 0.15) is 0 Å². The number of sulfonamides is 1. The summed E-state index contributed by atoms with van der Waals surface area (Å²) in [4.78, 5) is 22.0. The summed E-state index contributed by atoms with van der Waals surface area (Å²) in [6, 6.07) is 9.98. The average Bonchev–Trinajstić information content (AvgIpc) is 3.09. The predicted molar refractivity (Wildman–Crippen MR) is 98.0 cm³/mol. The molecular weight excluding hydrogens is 374 g/mol. The van der Waals surface area contributed by atoms with Gasteiger partial charge in [-0.15, -0.1) is 0 Å². The summed E-state index contributed by atoms with van der Waals surface area (Å²) >= 11 is 0. The largest absolute Gasteiger partial charge is 0.351 e. The van der Waals surface area contributed by atoms with Gasteiger partial charge in [0.2, 0.25) is 10.0 Å². The number of nitro benzene ring substituents is 1. The van der Waals surface area contributed by atoms with Crippen LogP contribution in [0.15, 0.2) is 54.9 Å². The van der Waals surface area contributed by atoms with Crippen LogP contribution >= 0.6 is 0 Å². The second-order valence-corrected chi connectivity index (χ2v) is 7.44. The Bertz CT molecular complexity index is 1090. The Balaban J connectivity index is 1.55. The standard InChI is InChI=1S/C16H15N5O5S/c22-16(12-1-3-14(4-2-12)21(23)24)17-8-10-27(25,26)19-13-6-9-20-15(11-13)5-7-18-20/h1-7,9,11,19H,8,10H2,(H,17,22). The number of anilines is 1. The van der Waals surface area contributed by atoms with Gasteiger partial charge in [-0.05, 0) is 30.3 Å². The van der Waals surface area contributed by atoms with Gasteiger partial charge in [-0.25, -0.2) is 12.9 Å². The highest BCUT2D eigenvalue weighted by Gasteiger charge is 2.13. The van der Waals surface area contributed by atoms with E-state index in [-0.39, 0.29) is 23.5 Å². The molecule has 0 radical (unpaired) electrons. The van der Waals surface area contributed by atoms with Crippen molar-refractivity contribution in [2.75, 3.05) is 17.0 Å². The normalized spacial score (nSPS) is 11.3. The fourth-order valence-corrected chi connectivity index (χ4v) is 3.31. The minimum atomic E-state index is -3.67. The molecule has 0 aliphatic carbocycles. The Labute approximate surface area is 154 Å². The van der Waals surface area contributed by atoms with E-state index in [1.54, 1.807) is 35.1 Å². The number of pyridine rings is 1. The fraction of sp³-hybridized carbons (Fsp3) is 0.125. The molecule has 2 N–H and O–H groups in total. The van der Waals surface area contributed by atoms with Crippen LogP contribution in [0.3, 0.4) is 0 Å². The van der Waals surface area contributed by atoms with Crippen LogP contribution in [0, 0.1) is 10.1 Å². The van der Waals surface area contributed by atoms with E-state index < -0.39 is 20.9 Å². The number of benzene rings is 1. The van der Waals surface area contributed by atoms with Crippen molar-refractivity contribution in [1.82, 2.24) is 14.9 Å². The SMILES string of the molecule is O=C(NCCS(=O)(=O)Nc1ccn2nccc2c1)c1ccc([N+](=O)[O-])cc1. The lowest BCUT2D eigenvalue weighted by molar-refractivity contribution is -0.384. The van der Waals surface area contributed by atoms with Crippen molar-refractivity contribution < 1.29 is 18.1 Å². The van der Waals surface area contributed by atoms with Gasteiger partial charge >= 0.3 is 0 Å². The number of nitrogens with one attached hydrogen (secondary N) is 2. The number of rotatable bonds is 7. The Hall–Kier alpha value is -3.47. The van der Waals surface area contributed by atoms with Crippen LogP contribution in [0.1, 0.15) is 10.4 Å². The van der Waals surface area contributed by atoms with Gasteiger partial charge in [0.05, 0.1) is 21.9 Å². The maximum absolute atomic E-state index is 12.2. The molecule has 10 nitrogen and oxygen atoms in total. The molecule has 27 heavy (non-hydrogen) atoms. The quantitative estimate of drug-likeness (QED) is 0.463. The molecule has 0 spiro atoms. The molecule has 0 saturated carbocycles. The molecule has 0 aliphatic heterocycles. The Morgan fingerprint density at radius 2 is 1.93 bits per heavy atom. The van der Waals surface area contributed by atoms with E-state index in [0.717, 1.165) is 5.52 Å². The third-order valence-electron chi connectivity index (χ3n) is 3.67. The second kappa shape index (κ2) is 7.41. The minimum absolute atomic E-state index is 0.111. The lowest BCUT2D eigenvalue weighted by Crippen LogP contribution is -2.31. The summed E-state index contributed by atoms with van der Waals surface area (Å²) in [5.41, 5.74) is 1.21. The Morgan fingerprint density at radius 1 is 1.19 bits per heavy atom. The lowest BCUT2D eigenvalue weighted by atomic mass is 10.2. The van der Waals surface area contributed by atoms with Crippen LogP contribution in [0.2, 0.25) is 0 Å². The number of carbonyl (C=O) groups is 1. The summed E-state index contributed by atoms with van der Waals surface area (Å²) in [7, 11) is -3.67. The molecule has 1 amide bonds. The fourth-order valence-electron chi connectivity index (χ4n) is 2.35. The smallest absolute Gasteiger partial charge is 0.269 e. The molecule has 0 fully saturated rings. The van der Waals surface area contributed by atoms with Crippen LogP contribution in [0.25, 0.3) is 5.52 Å². The van der Waals surface area contributed by atoms with E-state index in [9.17, 15) is 23.3 Å². The van der Waals surface area contributed by atoms with Gasteiger partial charge in [-0.3, -0.25) is 19.6 Å². The highest BCUT2D eigenvalue weighted by molar-refractivity contribution is 7.92. The first kappa shape index (κ1) is 18.3. The Morgan fingerprint density at radius 3 is 2.63 bits per heavy atom. The van der Waals surface area contributed by atoms with Gasteiger partial charge < -0.3 is 5.32 Å². The number of aromatic nitrogens is 2. The third-order valence-corrected chi connectivity index (χ3v) is 4.96. The van der Waals surface area contributed by atoms with E-state index in [4.69, 9.17) is 0 Å². The number of nitro groups is 1. The van der Waals surface area contributed by atoms with Gasteiger partial charge in [0.15, 0.2) is 0 Å². The zero-order chi connectivity index (χ0) is 19.4. The molecule has 140 valence electrons. The third kappa shape index (κ3) is 4.58. The molecule has 11 heteroatoms. The lowest BCUT2D eigenvalue weighted by Gasteiger charge is -2.09. The monoisotopic (exact) mass is 389 g/mol. The summed E-state index contributed by atoms with van der Waals surface area (Å²) < 4.78 is 28.3. The van der Waals surface area contributed by atoms with Crippen molar-refractivity contribution in [2.24, 2.45) is 0 Å². The molecule has 0 unspecified atom stereocenters. The van der Waals surface area contributed by atoms with E-state index in [2.05, 4.69) is 15.1 Å². The number of nitrogens with zero attached hydrogens (tertiary/aromatic N) is 3. The van der Waals surface area contributed by atoms with Crippen molar-refractivity contribution in [1.29, 1.82) is 0 Å². The Kier molecular flexibility index (Phi) is 5.03. The molecule has 1 aromatic carbocycles. The highest BCUT2D eigenvalue weighted by Crippen LogP contribution is 2.13. The van der Waals surface area contributed by atoms with Crippen LogP contribution in [0.5, 0.6) is 0 Å². The van der Waals surface area contributed by atoms with Gasteiger partial charge in [0, 0.05) is 36.6 Å². The maximum Gasteiger partial charge on any atom is 0.269 e. The molecule has 0 bridgehead atoms. The van der Waals surface area contributed by atoms with Gasteiger partial charge in [-0.1, -0.05) is 0 Å². The first-order chi connectivity index (χ1) is 12.8. The predicted octanol–water partition coefficient (Wildman–Crippen LogP) is 1.41. The molecular formula is C16H15N5O5S. The van der Waals surface area contributed by atoms with Gasteiger partial charge in [0.25, 0.3) is 11.6 Å². The van der Waals surface area contributed by atoms with Crippen LogP contribution in [-0.4, -0.2) is 41.2 Å². The number of fused-ring (bicyclic) bond motifs is 1. The summed E-state index contributed by atoms with van der Waals surface area (Å²) in [5.74, 6) is -0.836. The number of carbonyl (C=O) groups excluding carboxylic acids is 1. The molecule has 2 heterocycles. The topological polar surface area (TPSA) is 136 Å². The maximum atomic E-state index is 12.2. The van der Waals surface area contributed by atoms with E-state index >= 15 is 0 Å². The summed E-state index contributed by atoms with van der Waals surface area (Å²) in [6.45, 7) is -0.111. The second-order valence-electron chi connectivity index (χ2n) is 5.60. The highest BCUT2D eigenvalue weighted by atomic mass is 32.2. The van der Waals surface area contributed by atoms with E-state index in [1.807, 2.05) is 0 Å². The molecule has 3 rings (SSSR count). The zero-order valence-electron chi connectivity index (χ0n) is 13.9. The molecule has 0 atom stereocenters. The van der Waals surface area contributed by atoms with E-state index in [0.29, 0.717) is 5.69 Å². The van der Waals surface area contributed by atoms with Crippen molar-refractivity contribution in [3.8, 4) is 0 Å². The molecule has 3 aromatic rings. The van der Waals surface area contributed by atoms with Crippen LogP contribution < -0.4 is 10.0 Å². The number of hydrogen-bond donors (Lipinski definition) is 2. The molecule has 0 aliphatic rings. The minimum Gasteiger partial charge on any atom is -0.351 e. The molecule has 0 saturated heterocycles. The molecule has 2 aromatic heterocycles. The first-order valence-electron chi connectivity index (χ1n) is 7.81. The summed E-state index contributed by atoms with van der Waals surface area (Å²) in [5, 5.41) is 17.1. The zero-order valence-corrected chi connectivity index (χ0v) is 14.7. The number of amides is 1. The summed E-state index contributed by atoms with van der Waals surface area (Å²) in [6.07, 6.45) is 3.23. The number of hydrogen-bond acceptors (Lipinski definition) is 6. The van der Waals surface area contributed by atoms with E-state index in [1.165, 1.54) is 24.3 Å². The van der Waals surface area contributed by atoms with Crippen molar-refractivity contribution in [3.63, 3.8) is 0 Å². The van der Waals surface area contributed by atoms with Crippen molar-refractivity contribution in [3.05, 3.63) is 70.5 Å². The average molecular weight is 389 g/mol. The van der Waals surface area contributed by atoms with Gasteiger partial charge in [-0.2, -0.15) is 5.10 Å². The first-order valence-corrected chi connectivity index (χ1v) is 9.46. The van der Waals surface area contributed by atoms with Crippen LogP contribution in [0.4, 0.5) is 11.4 Å². The van der Waals surface area contributed by atoms with Crippen molar-refractivity contribution >= 4 is 32.8 Å². The van der Waals surface area contributed by atoms with Crippen LogP contribution in [-0.2, 0) is 10.0 Å².